The summed E-state index contributed by atoms with van der Waals surface area (Å²) in [5, 5.41) is 0. The lowest BCUT2D eigenvalue weighted by atomic mass is 9.68. The van der Waals surface area contributed by atoms with Crippen molar-refractivity contribution in [2.24, 2.45) is 5.92 Å². The van der Waals surface area contributed by atoms with E-state index >= 15 is 0 Å². The highest BCUT2D eigenvalue weighted by Crippen LogP contribution is 2.42. The molecular weight excluding hydrogens is 334 g/mol. The lowest BCUT2D eigenvalue weighted by molar-refractivity contribution is -0.137. The summed E-state index contributed by atoms with van der Waals surface area (Å²) in [5.41, 5.74) is 0.469. The van der Waals surface area contributed by atoms with Crippen molar-refractivity contribution in [1.29, 1.82) is 0 Å². The fraction of sp³-hybridized carbons (Fsp3) is 0.550. The van der Waals surface area contributed by atoms with Gasteiger partial charge in [-0.05, 0) is 42.9 Å². The van der Waals surface area contributed by atoms with E-state index in [-0.39, 0.29) is 5.91 Å². The molecule has 0 bridgehead atoms. The first-order valence-corrected chi connectivity index (χ1v) is 11.0. The molecule has 2 fully saturated rings. The van der Waals surface area contributed by atoms with Gasteiger partial charge in [-0.25, -0.2) is 8.42 Å². The van der Waals surface area contributed by atoms with Crippen molar-refractivity contribution >= 4 is 15.7 Å². The zero-order valence-electron chi connectivity index (χ0n) is 14.9. The molecular formula is C20H27NO3S. The largest absolute Gasteiger partial charge is 0.341 e. The second kappa shape index (κ2) is 6.94. The molecule has 4 nitrogen and oxygen atoms in total. The maximum absolute atomic E-state index is 13.4. The molecule has 1 aromatic carbocycles. The molecule has 1 aliphatic heterocycles. The van der Waals surface area contributed by atoms with Crippen molar-refractivity contribution in [3.8, 4) is 0 Å². The molecule has 0 radical (unpaired) electrons. The van der Waals surface area contributed by atoms with Crippen LogP contribution in [0.25, 0.3) is 0 Å². The molecule has 0 aromatic heterocycles. The number of hydrogen-bond donors (Lipinski definition) is 0. The van der Waals surface area contributed by atoms with Gasteiger partial charge in [0.05, 0.1) is 10.3 Å². The molecule has 0 N–H and O–H groups in total. The van der Waals surface area contributed by atoms with E-state index in [1.807, 2.05) is 23.1 Å². The molecule has 1 aliphatic carbocycles. The molecule has 0 spiro atoms. The highest BCUT2D eigenvalue weighted by Gasteiger charge is 2.44. The predicted molar refractivity (Wildman–Crippen MR) is 99.2 cm³/mol. The summed E-state index contributed by atoms with van der Waals surface area (Å²) in [6.07, 6.45) is 9.07. The lowest BCUT2D eigenvalue weighted by Gasteiger charge is -2.39. The van der Waals surface area contributed by atoms with E-state index in [0.717, 1.165) is 57.2 Å². The van der Waals surface area contributed by atoms with Gasteiger partial charge in [0.2, 0.25) is 5.91 Å². The van der Waals surface area contributed by atoms with Gasteiger partial charge in [0.15, 0.2) is 9.84 Å². The van der Waals surface area contributed by atoms with Crippen LogP contribution in [-0.4, -0.2) is 38.6 Å². The third-order valence-corrected chi connectivity index (χ3v) is 6.93. The predicted octanol–water partition coefficient (Wildman–Crippen LogP) is 3.33. The van der Waals surface area contributed by atoms with E-state index in [1.165, 1.54) is 6.26 Å². The molecule has 1 heterocycles. The van der Waals surface area contributed by atoms with Crippen LogP contribution in [0.1, 0.15) is 44.1 Å². The van der Waals surface area contributed by atoms with Crippen LogP contribution in [0.15, 0.2) is 41.8 Å². The quantitative estimate of drug-likeness (QED) is 0.773. The minimum absolute atomic E-state index is 0.212. The Balaban J connectivity index is 1.93. The topological polar surface area (TPSA) is 54.5 Å². The first-order valence-electron chi connectivity index (χ1n) is 9.09. The summed E-state index contributed by atoms with van der Waals surface area (Å²) in [7, 11) is -3.22. The molecule has 1 saturated heterocycles. The molecule has 136 valence electrons. The molecule has 2 aliphatic rings. The zero-order chi connectivity index (χ0) is 18.1. The van der Waals surface area contributed by atoms with Gasteiger partial charge in [-0.3, -0.25) is 4.79 Å². The van der Waals surface area contributed by atoms with Gasteiger partial charge < -0.3 is 4.90 Å². The maximum atomic E-state index is 13.4. The first kappa shape index (κ1) is 18.2. The smallest absolute Gasteiger partial charge is 0.233 e. The third-order valence-electron chi connectivity index (χ3n) is 5.80. The molecule has 1 saturated carbocycles. The summed E-state index contributed by atoms with van der Waals surface area (Å²) >= 11 is 0. The summed E-state index contributed by atoms with van der Waals surface area (Å²) in [5.74, 6) is 0.598. The van der Waals surface area contributed by atoms with Crippen molar-refractivity contribution in [3.63, 3.8) is 0 Å². The van der Waals surface area contributed by atoms with Gasteiger partial charge in [-0.15, -0.1) is 6.58 Å². The minimum Gasteiger partial charge on any atom is -0.341 e. The normalized spacial score (nSPS) is 23.4. The Hall–Kier alpha value is -1.62. The van der Waals surface area contributed by atoms with Crippen molar-refractivity contribution in [2.75, 3.05) is 19.3 Å². The number of benzene rings is 1. The molecule has 25 heavy (non-hydrogen) atoms. The van der Waals surface area contributed by atoms with Crippen LogP contribution in [0.3, 0.4) is 0 Å². The van der Waals surface area contributed by atoms with Crippen molar-refractivity contribution in [3.05, 3.63) is 42.5 Å². The number of sulfone groups is 1. The fourth-order valence-corrected chi connectivity index (χ4v) is 4.90. The standard InChI is InChI=1S/C20H27NO3S/c1-3-16-11-14-21(15-16)19(22)20(12-5-4-6-13-20)17-7-9-18(10-8-17)25(2,23)24/h3,7-10,16H,1,4-6,11-15H2,2H3. The van der Waals surface area contributed by atoms with Gasteiger partial charge in [0.25, 0.3) is 0 Å². The van der Waals surface area contributed by atoms with Crippen molar-refractivity contribution in [2.45, 2.75) is 48.8 Å². The van der Waals surface area contributed by atoms with Crippen molar-refractivity contribution in [1.82, 2.24) is 4.90 Å². The highest BCUT2D eigenvalue weighted by atomic mass is 32.2. The Morgan fingerprint density at radius 3 is 2.36 bits per heavy atom. The lowest BCUT2D eigenvalue weighted by Crippen LogP contribution is -2.47. The number of rotatable bonds is 4. The van der Waals surface area contributed by atoms with Gasteiger partial charge in [-0.1, -0.05) is 37.5 Å². The summed E-state index contributed by atoms with van der Waals surface area (Å²) < 4.78 is 23.5. The summed E-state index contributed by atoms with van der Waals surface area (Å²) in [6.45, 7) is 5.41. The zero-order valence-corrected chi connectivity index (χ0v) is 15.7. The van der Waals surface area contributed by atoms with E-state index in [4.69, 9.17) is 0 Å². The van der Waals surface area contributed by atoms with Crippen molar-refractivity contribution < 1.29 is 13.2 Å². The van der Waals surface area contributed by atoms with E-state index in [2.05, 4.69) is 6.58 Å². The fourth-order valence-electron chi connectivity index (χ4n) is 4.27. The Morgan fingerprint density at radius 1 is 1.20 bits per heavy atom. The van der Waals surface area contributed by atoms with Crippen LogP contribution >= 0.6 is 0 Å². The van der Waals surface area contributed by atoms with Crippen LogP contribution in [-0.2, 0) is 20.0 Å². The number of hydrogen-bond acceptors (Lipinski definition) is 3. The number of nitrogens with zero attached hydrogens (tertiary/aromatic N) is 1. The maximum Gasteiger partial charge on any atom is 0.233 e. The molecule has 3 rings (SSSR count). The average Bonchev–Trinajstić information content (AvgIpc) is 3.10. The Kier molecular flexibility index (Phi) is 5.05. The number of likely N-dealkylation sites (tertiary alicyclic amines) is 1. The molecule has 1 aromatic rings. The van der Waals surface area contributed by atoms with E-state index in [1.54, 1.807) is 12.1 Å². The summed E-state index contributed by atoms with van der Waals surface area (Å²) in [4.78, 5) is 15.7. The molecule has 5 heteroatoms. The number of carbonyl (C=O) groups excluding carboxylic acids is 1. The monoisotopic (exact) mass is 361 g/mol. The Morgan fingerprint density at radius 2 is 1.84 bits per heavy atom. The van der Waals surface area contributed by atoms with Gasteiger partial charge >= 0.3 is 0 Å². The second-order valence-electron chi connectivity index (χ2n) is 7.47. The van der Waals surface area contributed by atoms with Crippen LogP contribution in [0.2, 0.25) is 0 Å². The van der Waals surface area contributed by atoms with E-state index in [0.29, 0.717) is 10.8 Å². The van der Waals surface area contributed by atoms with Crippen LogP contribution in [0.4, 0.5) is 0 Å². The van der Waals surface area contributed by atoms with Crippen LogP contribution < -0.4 is 0 Å². The summed E-state index contributed by atoms with van der Waals surface area (Å²) in [6, 6.07) is 6.98. The molecule has 1 unspecified atom stereocenters. The number of carbonyl (C=O) groups is 1. The Bertz CT molecular complexity index is 746. The van der Waals surface area contributed by atoms with Gasteiger partial charge in [-0.2, -0.15) is 0 Å². The SMILES string of the molecule is C=CC1CCN(C(=O)C2(c3ccc(S(C)(=O)=O)cc3)CCCCC2)C1. The van der Waals surface area contributed by atoms with Crippen LogP contribution in [0, 0.1) is 5.92 Å². The molecule has 1 amide bonds. The van der Waals surface area contributed by atoms with Crippen LogP contribution in [0.5, 0.6) is 0 Å². The number of amides is 1. The van der Waals surface area contributed by atoms with Gasteiger partial charge in [0.1, 0.15) is 0 Å². The first-order chi connectivity index (χ1) is 11.9. The second-order valence-corrected chi connectivity index (χ2v) is 9.49. The highest BCUT2D eigenvalue weighted by molar-refractivity contribution is 7.90. The minimum atomic E-state index is -3.22. The van der Waals surface area contributed by atoms with E-state index < -0.39 is 15.3 Å². The van der Waals surface area contributed by atoms with Gasteiger partial charge in [0, 0.05) is 19.3 Å². The average molecular weight is 362 g/mol. The Labute approximate surface area is 150 Å². The molecule has 1 atom stereocenters. The third kappa shape index (κ3) is 3.52. The van der Waals surface area contributed by atoms with E-state index in [9.17, 15) is 13.2 Å².